The Morgan fingerprint density at radius 1 is 1.12 bits per heavy atom. The van der Waals surface area contributed by atoms with Gasteiger partial charge in [-0.15, -0.1) is 0 Å². The van der Waals surface area contributed by atoms with Gasteiger partial charge in [-0.2, -0.15) is 5.10 Å². The molecule has 1 amide bonds. The zero-order chi connectivity index (χ0) is 18.0. The first-order valence-electron chi connectivity index (χ1n) is 8.20. The van der Waals surface area contributed by atoms with Crippen LogP contribution in [0.25, 0.3) is 5.69 Å². The number of amides is 1. The number of carbonyl (C=O) groups excluding carboxylic acids is 1. The van der Waals surface area contributed by atoms with Crippen molar-refractivity contribution >= 4 is 11.6 Å². The van der Waals surface area contributed by atoms with Crippen LogP contribution in [-0.4, -0.2) is 22.2 Å². The van der Waals surface area contributed by atoms with Crippen molar-refractivity contribution in [2.75, 3.05) is 11.4 Å². The minimum absolute atomic E-state index is 0.206. The predicted molar refractivity (Wildman–Crippen MR) is 96.8 cm³/mol. The molecule has 0 radical (unpaired) electrons. The Morgan fingerprint density at radius 3 is 2.44 bits per heavy atom. The van der Waals surface area contributed by atoms with Crippen molar-refractivity contribution < 1.29 is 9.18 Å². The zero-order valence-corrected chi connectivity index (χ0v) is 14.5. The van der Waals surface area contributed by atoms with Crippen LogP contribution in [0.4, 0.5) is 10.1 Å². The predicted octanol–water partition coefficient (Wildman–Crippen LogP) is 4.29. The Bertz CT molecular complexity index is 897. The van der Waals surface area contributed by atoms with E-state index in [1.807, 2.05) is 32.9 Å². The Labute approximate surface area is 146 Å². The molecule has 0 saturated heterocycles. The van der Waals surface area contributed by atoms with E-state index in [-0.39, 0.29) is 17.4 Å². The molecule has 0 N–H and O–H groups in total. The quantitative estimate of drug-likeness (QED) is 0.712. The van der Waals surface area contributed by atoms with Crippen molar-refractivity contribution in [3.8, 4) is 5.69 Å². The molecule has 0 aliphatic rings. The number of aromatic nitrogens is 2. The normalized spacial score (nSPS) is 10.7. The Kier molecular flexibility index (Phi) is 4.65. The van der Waals surface area contributed by atoms with Crippen molar-refractivity contribution in [1.29, 1.82) is 0 Å². The Morgan fingerprint density at radius 2 is 1.80 bits per heavy atom. The summed E-state index contributed by atoms with van der Waals surface area (Å²) in [5, 5.41) is 4.27. The second kappa shape index (κ2) is 6.89. The molecule has 4 nitrogen and oxygen atoms in total. The largest absolute Gasteiger partial charge is 0.307 e. The van der Waals surface area contributed by atoms with Gasteiger partial charge in [-0.1, -0.05) is 18.2 Å². The summed E-state index contributed by atoms with van der Waals surface area (Å²) in [5.41, 5.74) is 3.63. The molecule has 2 aromatic carbocycles. The molecule has 128 valence electrons. The van der Waals surface area contributed by atoms with Crippen LogP contribution >= 0.6 is 0 Å². The minimum Gasteiger partial charge on any atom is -0.307 e. The number of aryl methyl sites for hydroxylation is 2. The third kappa shape index (κ3) is 3.45. The van der Waals surface area contributed by atoms with Gasteiger partial charge in [0.25, 0.3) is 5.91 Å². The SMILES string of the molecule is CCN(C(=O)c1ccn(-c2ccccc2F)n1)c1cc(C)cc(C)c1. The van der Waals surface area contributed by atoms with E-state index in [9.17, 15) is 9.18 Å². The molecule has 25 heavy (non-hydrogen) atoms. The lowest BCUT2D eigenvalue weighted by Crippen LogP contribution is -2.31. The molecule has 0 atom stereocenters. The summed E-state index contributed by atoms with van der Waals surface area (Å²) in [6, 6.07) is 14.0. The van der Waals surface area contributed by atoms with E-state index in [4.69, 9.17) is 0 Å². The average molecular weight is 337 g/mol. The topological polar surface area (TPSA) is 38.1 Å². The van der Waals surface area contributed by atoms with Gasteiger partial charge >= 0.3 is 0 Å². The first-order valence-corrected chi connectivity index (χ1v) is 8.20. The highest BCUT2D eigenvalue weighted by molar-refractivity contribution is 6.04. The number of benzene rings is 2. The van der Waals surface area contributed by atoms with Gasteiger partial charge in [-0.3, -0.25) is 4.79 Å². The van der Waals surface area contributed by atoms with Crippen LogP contribution in [0.5, 0.6) is 0 Å². The summed E-state index contributed by atoms with van der Waals surface area (Å²) in [6.45, 7) is 6.45. The van der Waals surface area contributed by atoms with Gasteiger partial charge in [0.2, 0.25) is 0 Å². The van der Waals surface area contributed by atoms with Crippen LogP contribution in [0.1, 0.15) is 28.5 Å². The van der Waals surface area contributed by atoms with Crippen LogP contribution in [0.3, 0.4) is 0 Å². The van der Waals surface area contributed by atoms with Crippen molar-refractivity contribution in [3.05, 3.63) is 77.4 Å². The molecule has 1 heterocycles. The molecule has 1 aromatic heterocycles. The summed E-state index contributed by atoms with van der Waals surface area (Å²) >= 11 is 0. The van der Waals surface area contributed by atoms with E-state index >= 15 is 0 Å². The minimum atomic E-state index is -0.383. The van der Waals surface area contributed by atoms with Gasteiger partial charge in [-0.25, -0.2) is 9.07 Å². The molecule has 0 aliphatic carbocycles. The lowest BCUT2D eigenvalue weighted by atomic mass is 10.1. The molecule has 0 spiro atoms. The van der Waals surface area contributed by atoms with E-state index in [0.717, 1.165) is 16.8 Å². The molecule has 5 heteroatoms. The lowest BCUT2D eigenvalue weighted by Gasteiger charge is -2.21. The van der Waals surface area contributed by atoms with Gasteiger partial charge in [0.15, 0.2) is 5.69 Å². The number of rotatable bonds is 4. The number of carbonyl (C=O) groups is 1. The number of nitrogens with zero attached hydrogens (tertiary/aromatic N) is 3. The number of hydrogen-bond donors (Lipinski definition) is 0. The van der Waals surface area contributed by atoms with Crippen LogP contribution in [0.15, 0.2) is 54.7 Å². The van der Waals surface area contributed by atoms with Gasteiger partial charge in [-0.05, 0) is 62.2 Å². The summed E-state index contributed by atoms with van der Waals surface area (Å²) < 4.78 is 15.3. The summed E-state index contributed by atoms with van der Waals surface area (Å²) in [5.74, 6) is -0.589. The Balaban J connectivity index is 1.93. The maximum Gasteiger partial charge on any atom is 0.278 e. The van der Waals surface area contributed by atoms with Gasteiger partial charge in [0, 0.05) is 18.4 Å². The number of para-hydroxylation sites is 1. The molecule has 0 saturated carbocycles. The second-order valence-electron chi connectivity index (χ2n) is 5.99. The maximum atomic E-state index is 13.9. The van der Waals surface area contributed by atoms with E-state index in [0.29, 0.717) is 12.2 Å². The zero-order valence-electron chi connectivity index (χ0n) is 14.5. The van der Waals surface area contributed by atoms with Crippen LogP contribution in [0.2, 0.25) is 0 Å². The smallest absolute Gasteiger partial charge is 0.278 e. The first kappa shape index (κ1) is 16.9. The summed E-state index contributed by atoms with van der Waals surface area (Å²) in [7, 11) is 0. The van der Waals surface area contributed by atoms with Crippen molar-refractivity contribution in [3.63, 3.8) is 0 Å². The van der Waals surface area contributed by atoms with E-state index in [1.54, 1.807) is 35.4 Å². The fourth-order valence-electron chi connectivity index (χ4n) is 2.90. The molecule has 3 rings (SSSR count). The van der Waals surface area contributed by atoms with Crippen molar-refractivity contribution in [2.24, 2.45) is 0 Å². The lowest BCUT2D eigenvalue weighted by molar-refractivity contribution is 0.0983. The monoisotopic (exact) mass is 337 g/mol. The highest BCUT2D eigenvalue weighted by Crippen LogP contribution is 2.21. The molecule has 0 aliphatic heterocycles. The fraction of sp³-hybridized carbons (Fsp3) is 0.200. The number of hydrogen-bond acceptors (Lipinski definition) is 2. The van der Waals surface area contributed by atoms with Gasteiger partial charge < -0.3 is 4.90 Å². The molecule has 3 aromatic rings. The highest BCUT2D eigenvalue weighted by atomic mass is 19.1. The van der Waals surface area contributed by atoms with E-state index < -0.39 is 0 Å². The second-order valence-corrected chi connectivity index (χ2v) is 5.99. The number of halogens is 1. The molecular formula is C20H20FN3O. The third-order valence-corrected chi connectivity index (χ3v) is 3.99. The van der Waals surface area contributed by atoms with E-state index in [1.165, 1.54) is 10.7 Å². The summed E-state index contributed by atoms with van der Waals surface area (Å²) in [4.78, 5) is 14.6. The van der Waals surface area contributed by atoms with Crippen molar-refractivity contribution in [2.45, 2.75) is 20.8 Å². The summed E-state index contributed by atoms with van der Waals surface area (Å²) in [6.07, 6.45) is 1.60. The third-order valence-electron chi connectivity index (χ3n) is 3.99. The standard InChI is InChI=1S/C20H20FN3O/c1-4-23(16-12-14(2)11-15(3)13-16)20(25)18-9-10-24(22-18)19-8-6-5-7-17(19)21/h5-13H,4H2,1-3H3. The van der Waals surface area contributed by atoms with Crippen LogP contribution in [-0.2, 0) is 0 Å². The Hall–Kier alpha value is -2.95. The number of anilines is 1. The van der Waals surface area contributed by atoms with Crippen LogP contribution < -0.4 is 4.90 Å². The van der Waals surface area contributed by atoms with E-state index in [2.05, 4.69) is 11.2 Å². The highest BCUT2D eigenvalue weighted by Gasteiger charge is 2.19. The molecule has 0 bridgehead atoms. The first-order chi connectivity index (χ1) is 12.0. The molecular weight excluding hydrogens is 317 g/mol. The molecule has 0 fully saturated rings. The van der Waals surface area contributed by atoms with Crippen molar-refractivity contribution in [1.82, 2.24) is 9.78 Å². The maximum absolute atomic E-state index is 13.9. The average Bonchev–Trinajstić information content (AvgIpc) is 3.05. The van der Waals surface area contributed by atoms with Gasteiger partial charge in [0.05, 0.1) is 0 Å². The van der Waals surface area contributed by atoms with Crippen LogP contribution in [0, 0.1) is 19.7 Å². The molecule has 0 unspecified atom stereocenters. The van der Waals surface area contributed by atoms with Gasteiger partial charge in [0.1, 0.15) is 11.5 Å². The fourth-order valence-corrected chi connectivity index (χ4v) is 2.90.